The van der Waals surface area contributed by atoms with Gasteiger partial charge in [0.25, 0.3) is 0 Å². The van der Waals surface area contributed by atoms with Crippen molar-refractivity contribution < 1.29 is 0 Å². The molecule has 0 aliphatic carbocycles. The van der Waals surface area contributed by atoms with Crippen LogP contribution in [0.2, 0.25) is 0 Å². The van der Waals surface area contributed by atoms with Crippen molar-refractivity contribution in [3.05, 3.63) is 34.9 Å². The highest BCUT2D eigenvalue weighted by Crippen LogP contribution is 2.12. The second-order valence-corrected chi connectivity index (χ2v) is 4.09. The summed E-state index contributed by atoms with van der Waals surface area (Å²) >= 11 is 0. The standard InChI is InChI=1S/C13H21N/c1-5-14-12(4)9-13-7-6-10(2)8-11(13)3/h6-8,12,14H,5,9H2,1-4H3. The van der Waals surface area contributed by atoms with Crippen LogP contribution in [-0.2, 0) is 6.42 Å². The number of rotatable bonds is 4. The minimum absolute atomic E-state index is 0.571. The summed E-state index contributed by atoms with van der Waals surface area (Å²) < 4.78 is 0. The van der Waals surface area contributed by atoms with Crippen molar-refractivity contribution in [3.63, 3.8) is 0 Å². The van der Waals surface area contributed by atoms with Crippen LogP contribution in [-0.4, -0.2) is 12.6 Å². The maximum absolute atomic E-state index is 3.44. The van der Waals surface area contributed by atoms with Crippen LogP contribution in [0.25, 0.3) is 0 Å². The van der Waals surface area contributed by atoms with Crippen LogP contribution in [0.15, 0.2) is 18.2 Å². The fourth-order valence-corrected chi connectivity index (χ4v) is 1.83. The average molecular weight is 191 g/mol. The number of benzene rings is 1. The summed E-state index contributed by atoms with van der Waals surface area (Å²) in [6, 6.07) is 7.27. The van der Waals surface area contributed by atoms with E-state index in [2.05, 4.69) is 51.2 Å². The van der Waals surface area contributed by atoms with Crippen molar-refractivity contribution in [1.29, 1.82) is 0 Å². The van der Waals surface area contributed by atoms with Crippen molar-refractivity contribution in [2.45, 2.75) is 40.2 Å². The second kappa shape index (κ2) is 5.16. The molecule has 0 saturated heterocycles. The van der Waals surface area contributed by atoms with Crippen molar-refractivity contribution in [1.82, 2.24) is 5.32 Å². The molecule has 78 valence electrons. The number of hydrogen-bond acceptors (Lipinski definition) is 1. The molecule has 0 bridgehead atoms. The lowest BCUT2D eigenvalue weighted by Crippen LogP contribution is -2.27. The molecule has 1 unspecified atom stereocenters. The predicted octanol–water partition coefficient (Wildman–Crippen LogP) is 2.84. The van der Waals surface area contributed by atoms with Crippen LogP contribution >= 0.6 is 0 Å². The quantitative estimate of drug-likeness (QED) is 0.771. The van der Waals surface area contributed by atoms with E-state index in [1.807, 2.05) is 0 Å². The molecule has 1 atom stereocenters. The van der Waals surface area contributed by atoms with Gasteiger partial charge < -0.3 is 5.32 Å². The van der Waals surface area contributed by atoms with Gasteiger partial charge in [0, 0.05) is 6.04 Å². The van der Waals surface area contributed by atoms with Crippen molar-refractivity contribution in [2.24, 2.45) is 0 Å². The monoisotopic (exact) mass is 191 g/mol. The predicted molar refractivity (Wildman–Crippen MR) is 62.8 cm³/mol. The van der Waals surface area contributed by atoms with Crippen LogP contribution in [0.5, 0.6) is 0 Å². The molecule has 1 nitrogen and oxygen atoms in total. The molecule has 0 fully saturated rings. The lowest BCUT2D eigenvalue weighted by molar-refractivity contribution is 0.564. The first-order valence-electron chi connectivity index (χ1n) is 5.43. The van der Waals surface area contributed by atoms with Gasteiger partial charge in [0.2, 0.25) is 0 Å². The van der Waals surface area contributed by atoms with E-state index in [1.54, 1.807) is 0 Å². The summed E-state index contributed by atoms with van der Waals surface area (Å²) in [6.45, 7) is 9.78. The molecule has 1 N–H and O–H groups in total. The summed E-state index contributed by atoms with van der Waals surface area (Å²) in [7, 11) is 0. The molecule has 0 amide bonds. The smallest absolute Gasteiger partial charge is 0.00791 e. The Balaban J connectivity index is 2.67. The zero-order valence-corrected chi connectivity index (χ0v) is 9.72. The van der Waals surface area contributed by atoms with Gasteiger partial charge in [0.1, 0.15) is 0 Å². The van der Waals surface area contributed by atoms with Gasteiger partial charge in [-0.3, -0.25) is 0 Å². The molecule has 1 aromatic rings. The van der Waals surface area contributed by atoms with Crippen LogP contribution < -0.4 is 5.32 Å². The minimum atomic E-state index is 0.571. The van der Waals surface area contributed by atoms with E-state index in [1.165, 1.54) is 16.7 Å². The van der Waals surface area contributed by atoms with Gasteiger partial charge >= 0.3 is 0 Å². The maximum atomic E-state index is 3.44. The summed E-state index contributed by atoms with van der Waals surface area (Å²) in [5.74, 6) is 0. The molecule has 0 aromatic heterocycles. The topological polar surface area (TPSA) is 12.0 Å². The maximum Gasteiger partial charge on any atom is 0.00791 e. The first-order valence-corrected chi connectivity index (χ1v) is 5.43. The average Bonchev–Trinajstić information content (AvgIpc) is 2.10. The molecule has 1 aromatic carbocycles. The molecule has 0 heterocycles. The Kier molecular flexibility index (Phi) is 4.15. The fourth-order valence-electron chi connectivity index (χ4n) is 1.83. The molecule has 0 aliphatic rings. The molecule has 1 rings (SSSR count). The third-order valence-electron chi connectivity index (χ3n) is 2.58. The lowest BCUT2D eigenvalue weighted by Gasteiger charge is -2.14. The summed E-state index contributed by atoms with van der Waals surface area (Å²) in [4.78, 5) is 0. The SMILES string of the molecule is CCNC(C)Cc1ccc(C)cc1C. The van der Waals surface area contributed by atoms with E-state index >= 15 is 0 Å². The van der Waals surface area contributed by atoms with Gasteiger partial charge in [-0.1, -0.05) is 30.7 Å². The van der Waals surface area contributed by atoms with Crippen LogP contribution in [0, 0.1) is 13.8 Å². The Morgan fingerprint density at radius 1 is 1.29 bits per heavy atom. The van der Waals surface area contributed by atoms with Crippen molar-refractivity contribution in [3.8, 4) is 0 Å². The molecule has 14 heavy (non-hydrogen) atoms. The Morgan fingerprint density at radius 2 is 2.00 bits per heavy atom. The van der Waals surface area contributed by atoms with Crippen molar-refractivity contribution >= 4 is 0 Å². The van der Waals surface area contributed by atoms with Crippen molar-refractivity contribution in [2.75, 3.05) is 6.54 Å². The Labute approximate surface area is 87.5 Å². The zero-order chi connectivity index (χ0) is 10.6. The van der Waals surface area contributed by atoms with E-state index < -0.39 is 0 Å². The highest BCUT2D eigenvalue weighted by atomic mass is 14.9. The summed E-state index contributed by atoms with van der Waals surface area (Å²) in [5.41, 5.74) is 4.22. The fraction of sp³-hybridized carbons (Fsp3) is 0.538. The Hall–Kier alpha value is -0.820. The number of aryl methyl sites for hydroxylation is 2. The highest BCUT2D eigenvalue weighted by Gasteiger charge is 2.04. The first kappa shape index (κ1) is 11.3. The lowest BCUT2D eigenvalue weighted by atomic mass is 10.00. The summed E-state index contributed by atoms with van der Waals surface area (Å²) in [5, 5.41) is 3.44. The number of nitrogens with one attached hydrogen (secondary N) is 1. The van der Waals surface area contributed by atoms with Gasteiger partial charge in [-0.2, -0.15) is 0 Å². The third-order valence-corrected chi connectivity index (χ3v) is 2.58. The third kappa shape index (κ3) is 3.15. The van der Waals surface area contributed by atoms with Gasteiger partial charge in [0.15, 0.2) is 0 Å². The van der Waals surface area contributed by atoms with E-state index in [-0.39, 0.29) is 0 Å². The molecule has 0 radical (unpaired) electrons. The molecule has 0 aliphatic heterocycles. The summed E-state index contributed by atoms with van der Waals surface area (Å²) in [6.07, 6.45) is 1.12. The highest BCUT2D eigenvalue weighted by molar-refractivity contribution is 5.30. The normalized spacial score (nSPS) is 12.9. The molecular formula is C13H21N. The Bertz CT molecular complexity index is 291. The van der Waals surface area contributed by atoms with Gasteiger partial charge in [-0.15, -0.1) is 0 Å². The van der Waals surface area contributed by atoms with Crippen LogP contribution in [0.4, 0.5) is 0 Å². The van der Waals surface area contributed by atoms with Gasteiger partial charge in [-0.25, -0.2) is 0 Å². The van der Waals surface area contributed by atoms with E-state index in [4.69, 9.17) is 0 Å². The van der Waals surface area contributed by atoms with Crippen LogP contribution in [0.1, 0.15) is 30.5 Å². The molecule has 0 spiro atoms. The molecular weight excluding hydrogens is 170 g/mol. The molecule has 0 saturated carbocycles. The number of hydrogen-bond donors (Lipinski definition) is 1. The first-order chi connectivity index (χ1) is 6.63. The molecule has 1 heteroatoms. The largest absolute Gasteiger partial charge is 0.314 e. The van der Waals surface area contributed by atoms with Gasteiger partial charge in [-0.05, 0) is 44.9 Å². The van der Waals surface area contributed by atoms with E-state index in [0.717, 1.165) is 13.0 Å². The number of likely N-dealkylation sites (N-methyl/N-ethyl adjacent to an activating group) is 1. The minimum Gasteiger partial charge on any atom is -0.314 e. The Morgan fingerprint density at radius 3 is 2.57 bits per heavy atom. The van der Waals surface area contributed by atoms with Crippen LogP contribution in [0.3, 0.4) is 0 Å². The zero-order valence-electron chi connectivity index (χ0n) is 9.72. The van der Waals surface area contributed by atoms with Gasteiger partial charge in [0.05, 0.1) is 0 Å². The second-order valence-electron chi connectivity index (χ2n) is 4.09. The van der Waals surface area contributed by atoms with E-state index in [0.29, 0.717) is 6.04 Å². The van der Waals surface area contributed by atoms with E-state index in [9.17, 15) is 0 Å².